The van der Waals surface area contributed by atoms with E-state index in [1.54, 1.807) is 25.1 Å². The number of ether oxygens (including phenoxy) is 1. The molecule has 0 saturated heterocycles. The molecule has 0 radical (unpaired) electrons. The van der Waals surface area contributed by atoms with Crippen molar-refractivity contribution >= 4 is 56.3 Å². The van der Waals surface area contributed by atoms with Gasteiger partial charge in [-0.3, -0.25) is 14.9 Å². The Bertz CT molecular complexity index is 1050. The number of benzene rings is 2. The lowest BCUT2D eigenvalue weighted by Crippen LogP contribution is -2.11. The van der Waals surface area contributed by atoms with Crippen LogP contribution in [0.4, 0.5) is 11.4 Å². The van der Waals surface area contributed by atoms with E-state index in [4.69, 9.17) is 16.3 Å². The molecule has 7 nitrogen and oxygen atoms in total. The first-order chi connectivity index (χ1) is 12.9. The minimum atomic E-state index is -0.509. The Balaban J connectivity index is 1.86. The Morgan fingerprint density at radius 3 is 2.56 bits per heavy atom. The summed E-state index contributed by atoms with van der Waals surface area (Å²) in [6.45, 7) is 1.99. The van der Waals surface area contributed by atoms with E-state index in [1.807, 2.05) is 0 Å². The quantitative estimate of drug-likeness (QED) is 0.370. The molecule has 0 aliphatic heterocycles. The van der Waals surface area contributed by atoms with Gasteiger partial charge in [0.05, 0.1) is 22.1 Å². The molecule has 3 rings (SSSR count). The van der Waals surface area contributed by atoms with Crippen LogP contribution in [-0.4, -0.2) is 23.4 Å². The lowest BCUT2D eigenvalue weighted by molar-refractivity contribution is -0.382. The molecule has 27 heavy (non-hydrogen) atoms. The van der Waals surface area contributed by atoms with Gasteiger partial charge < -0.3 is 10.1 Å². The number of carbonyl (C=O) groups excluding carboxylic acids is 2. The van der Waals surface area contributed by atoms with Crippen LogP contribution >= 0.6 is 22.9 Å². The van der Waals surface area contributed by atoms with E-state index in [9.17, 15) is 19.7 Å². The van der Waals surface area contributed by atoms with Gasteiger partial charge in [0.15, 0.2) is 0 Å². The molecule has 1 amide bonds. The fraction of sp³-hybridized carbons (Fsp3) is 0.111. The summed E-state index contributed by atoms with van der Waals surface area (Å²) in [6, 6.07) is 10.7. The highest BCUT2D eigenvalue weighted by Crippen LogP contribution is 2.40. The first kappa shape index (κ1) is 18.8. The second-order valence-electron chi connectivity index (χ2n) is 5.41. The van der Waals surface area contributed by atoms with Gasteiger partial charge in [0.25, 0.3) is 11.6 Å². The Hall–Kier alpha value is -2.97. The van der Waals surface area contributed by atoms with Crippen LogP contribution in [0.2, 0.25) is 5.02 Å². The maximum atomic E-state index is 12.6. The fourth-order valence-corrected chi connectivity index (χ4v) is 3.95. The van der Waals surface area contributed by atoms with Crippen LogP contribution in [0, 0.1) is 10.1 Å². The molecule has 3 aromatic rings. The van der Waals surface area contributed by atoms with Gasteiger partial charge in [-0.2, -0.15) is 0 Å². The number of halogens is 1. The number of esters is 1. The molecule has 0 fully saturated rings. The summed E-state index contributed by atoms with van der Waals surface area (Å²) in [5.74, 6) is -0.936. The van der Waals surface area contributed by atoms with Gasteiger partial charge in [-0.15, -0.1) is 11.3 Å². The summed E-state index contributed by atoms with van der Waals surface area (Å²) < 4.78 is 5.24. The number of nitro groups is 1. The first-order valence-electron chi connectivity index (χ1n) is 7.86. The number of nitrogens with one attached hydrogen (secondary N) is 1. The molecular weight excluding hydrogens is 392 g/mol. The van der Waals surface area contributed by atoms with Crippen molar-refractivity contribution in [3.05, 3.63) is 68.0 Å². The number of hydrogen-bond acceptors (Lipinski definition) is 6. The zero-order chi connectivity index (χ0) is 19.6. The highest BCUT2D eigenvalue weighted by atomic mass is 35.5. The second-order valence-corrected chi connectivity index (χ2v) is 6.81. The number of anilines is 1. The average molecular weight is 405 g/mol. The number of thiophene rings is 1. The van der Waals surface area contributed by atoms with E-state index in [2.05, 4.69) is 5.32 Å². The third-order valence-electron chi connectivity index (χ3n) is 3.69. The average Bonchev–Trinajstić information content (AvgIpc) is 2.99. The van der Waals surface area contributed by atoms with Crippen LogP contribution < -0.4 is 5.32 Å². The van der Waals surface area contributed by atoms with E-state index in [0.717, 1.165) is 11.3 Å². The van der Waals surface area contributed by atoms with Crippen LogP contribution in [0.3, 0.4) is 0 Å². The Morgan fingerprint density at radius 2 is 1.93 bits per heavy atom. The molecule has 9 heteroatoms. The number of carbonyl (C=O) groups is 2. The number of nitro benzene ring substituents is 1. The standard InChI is InChI=1S/C18H13ClN2O5S/c1-2-26-18(23)10-6-8-11(9-7-10)20-17(22)16-14(19)12-4-3-5-13(21(24)25)15(12)27-16/h3-9H,2H2,1H3,(H,20,22). The summed E-state index contributed by atoms with van der Waals surface area (Å²) >= 11 is 7.22. The number of amides is 1. The van der Waals surface area contributed by atoms with Crippen molar-refractivity contribution < 1.29 is 19.2 Å². The zero-order valence-electron chi connectivity index (χ0n) is 14.0. The predicted molar refractivity (Wildman–Crippen MR) is 104 cm³/mol. The van der Waals surface area contributed by atoms with Crippen molar-refractivity contribution in [1.82, 2.24) is 0 Å². The number of hydrogen-bond donors (Lipinski definition) is 1. The molecule has 1 N–H and O–H groups in total. The summed E-state index contributed by atoms with van der Waals surface area (Å²) in [5, 5.41) is 14.5. The number of non-ortho nitro benzene ring substituents is 1. The van der Waals surface area contributed by atoms with Gasteiger partial charge in [0.2, 0.25) is 0 Å². The minimum absolute atomic E-state index is 0.0998. The normalized spacial score (nSPS) is 10.6. The van der Waals surface area contributed by atoms with E-state index < -0.39 is 16.8 Å². The molecule has 1 aromatic heterocycles. The van der Waals surface area contributed by atoms with Crippen molar-refractivity contribution in [2.45, 2.75) is 6.92 Å². The molecular formula is C18H13ClN2O5S. The predicted octanol–water partition coefficient (Wildman–Crippen LogP) is 4.89. The lowest BCUT2D eigenvalue weighted by Gasteiger charge is -2.06. The van der Waals surface area contributed by atoms with Gasteiger partial charge in [0, 0.05) is 17.1 Å². The van der Waals surface area contributed by atoms with Crippen molar-refractivity contribution in [2.75, 3.05) is 11.9 Å². The van der Waals surface area contributed by atoms with E-state index in [-0.39, 0.29) is 22.2 Å². The van der Waals surface area contributed by atoms with Crippen LogP contribution in [0.25, 0.3) is 10.1 Å². The molecule has 1 heterocycles. The molecule has 0 atom stereocenters. The van der Waals surface area contributed by atoms with Crippen LogP contribution in [0.1, 0.15) is 27.0 Å². The van der Waals surface area contributed by atoms with Crippen molar-refractivity contribution in [3.63, 3.8) is 0 Å². The van der Waals surface area contributed by atoms with Gasteiger partial charge >= 0.3 is 5.97 Å². The zero-order valence-corrected chi connectivity index (χ0v) is 15.6. The molecule has 0 unspecified atom stereocenters. The van der Waals surface area contributed by atoms with Gasteiger partial charge in [-0.05, 0) is 31.2 Å². The molecule has 0 spiro atoms. The summed E-state index contributed by atoms with van der Waals surface area (Å²) in [7, 11) is 0. The highest BCUT2D eigenvalue weighted by molar-refractivity contribution is 7.22. The van der Waals surface area contributed by atoms with Gasteiger partial charge in [0.1, 0.15) is 9.58 Å². The van der Waals surface area contributed by atoms with Gasteiger partial charge in [-0.1, -0.05) is 23.7 Å². The van der Waals surface area contributed by atoms with E-state index >= 15 is 0 Å². The topological polar surface area (TPSA) is 98.5 Å². The Kier molecular flexibility index (Phi) is 5.38. The minimum Gasteiger partial charge on any atom is -0.462 e. The van der Waals surface area contributed by atoms with Gasteiger partial charge in [-0.25, -0.2) is 4.79 Å². The third-order valence-corrected chi connectivity index (χ3v) is 5.42. The highest BCUT2D eigenvalue weighted by Gasteiger charge is 2.22. The van der Waals surface area contributed by atoms with Crippen molar-refractivity contribution in [1.29, 1.82) is 0 Å². The maximum Gasteiger partial charge on any atom is 0.338 e. The van der Waals surface area contributed by atoms with E-state index in [0.29, 0.717) is 21.3 Å². The fourth-order valence-electron chi connectivity index (χ4n) is 2.46. The molecule has 138 valence electrons. The maximum absolute atomic E-state index is 12.6. The van der Waals surface area contributed by atoms with Crippen molar-refractivity contribution in [3.8, 4) is 0 Å². The molecule has 0 aliphatic rings. The molecule has 2 aromatic carbocycles. The monoisotopic (exact) mass is 404 g/mol. The SMILES string of the molecule is CCOC(=O)c1ccc(NC(=O)c2sc3c([N+](=O)[O-])cccc3c2Cl)cc1. The van der Waals surface area contributed by atoms with Crippen molar-refractivity contribution in [2.24, 2.45) is 0 Å². The second kappa shape index (κ2) is 7.73. The van der Waals surface area contributed by atoms with Crippen LogP contribution in [0.5, 0.6) is 0 Å². The number of rotatable bonds is 5. The van der Waals surface area contributed by atoms with Crippen LogP contribution in [0.15, 0.2) is 42.5 Å². The van der Waals surface area contributed by atoms with E-state index in [1.165, 1.54) is 24.3 Å². The largest absolute Gasteiger partial charge is 0.462 e. The number of fused-ring (bicyclic) bond motifs is 1. The summed E-state index contributed by atoms with van der Waals surface area (Å²) in [5.41, 5.74) is 0.721. The Labute approximate surface area is 162 Å². The number of nitrogens with zero attached hydrogens (tertiary/aromatic N) is 1. The molecule has 0 bridgehead atoms. The summed E-state index contributed by atoms with van der Waals surface area (Å²) in [6.07, 6.45) is 0. The Morgan fingerprint density at radius 1 is 1.22 bits per heavy atom. The van der Waals surface area contributed by atoms with Crippen LogP contribution in [-0.2, 0) is 4.74 Å². The third kappa shape index (κ3) is 3.76. The molecule has 0 saturated carbocycles. The first-order valence-corrected chi connectivity index (χ1v) is 9.05. The smallest absolute Gasteiger partial charge is 0.338 e. The molecule has 0 aliphatic carbocycles. The lowest BCUT2D eigenvalue weighted by atomic mass is 10.2. The summed E-state index contributed by atoms with van der Waals surface area (Å²) in [4.78, 5) is 35.0.